The van der Waals surface area contributed by atoms with E-state index in [0.717, 1.165) is 11.4 Å². The highest BCUT2D eigenvalue weighted by atomic mass is 16.6. The minimum Gasteiger partial charge on any atom is -0.462 e. The van der Waals surface area contributed by atoms with Gasteiger partial charge in [-0.05, 0) is 67.2 Å². The second-order valence-electron chi connectivity index (χ2n) is 14.4. The minimum absolute atomic E-state index is 0.223. The Kier molecular flexibility index (Phi) is 8.99. The van der Waals surface area contributed by atoms with E-state index in [-0.39, 0.29) is 40.8 Å². The topological polar surface area (TPSA) is 59.1 Å². The van der Waals surface area contributed by atoms with Crippen LogP contribution in [0.3, 0.4) is 0 Å². The smallest absolute Gasteiger partial charge is 0.317 e. The molecular formula is C31H54N2O4. The molecule has 2 saturated heterocycles. The summed E-state index contributed by atoms with van der Waals surface area (Å²) >= 11 is 0. The van der Waals surface area contributed by atoms with E-state index in [0.29, 0.717) is 37.5 Å². The zero-order valence-electron chi connectivity index (χ0n) is 25.8. The first-order valence-electron chi connectivity index (χ1n) is 14.0. The summed E-state index contributed by atoms with van der Waals surface area (Å²) in [5.41, 5.74) is 1.30. The number of rotatable bonds is 8. The van der Waals surface area contributed by atoms with E-state index < -0.39 is 11.9 Å². The molecule has 0 aliphatic carbocycles. The van der Waals surface area contributed by atoms with Crippen LogP contribution in [-0.4, -0.2) is 56.1 Å². The fraction of sp³-hybridized carbons (Fsp3) is 0.806. The zero-order valence-corrected chi connectivity index (χ0v) is 25.8. The minimum atomic E-state index is -0.512. The van der Waals surface area contributed by atoms with Gasteiger partial charge >= 0.3 is 11.9 Å². The molecule has 0 bridgehead atoms. The average Bonchev–Trinajstić information content (AvgIpc) is 2.62. The normalized spacial score (nSPS) is 23.2. The van der Waals surface area contributed by atoms with Crippen LogP contribution in [-0.2, 0) is 19.1 Å². The summed E-state index contributed by atoms with van der Waals surface area (Å²) in [6.07, 6.45) is 1.86. The van der Waals surface area contributed by atoms with E-state index in [1.54, 1.807) is 0 Å². The third-order valence-electron chi connectivity index (χ3n) is 8.12. The first kappa shape index (κ1) is 31.2. The number of likely N-dealkylation sites (tertiary alicyclic amines) is 2. The zero-order chi connectivity index (χ0) is 28.7. The molecule has 0 spiro atoms. The van der Waals surface area contributed by atoms with Crippen LogP contribution in [0.15, 0.2) is 24.6 Å². The second kappa shape index (κ2) is 10.6. The summed E-state index contributed by atoms with van der Waals surface area (Å²) < 4.78 is 11.7. The van der Waals surface area contributed by atoms with Gasteiger partial charge in [0.2, 0.25) is 0 Å². The first-order chi connectivity index (χ1) is 16.6. The van der Waals surface area contributed by atoms with E-state index in [2.05, 4.69) is 106 Å². The Hall–Kier alpha value is -1.98. The van der Waals surface area contributed by atoms with E-state index >= 15 is 0 Å². The lowest BCUT2D eigenvalue weighted by Crippen LogP contribution is -2.62. The summed E-state index contributed by atoms with van der Waals surface area (Å²) in [5, 5.41) is 0. The van der Waals surface area contributed by atoms with Crippen LogP contribution < -0.4 is 0 Å². The number of piperidine rings is 2. The molecular weight excluding hydrogens is 464 g/mol. The third-order valence-corrected chi connectivity index (χ3v) is 8.12. The summed E-state index contributed by atoms with van der Waals surface area (Å²) in [6.45, 7) is 34.6. The quantitative estimate of drug-likeness (QED) is 0.259. The van der Waals surface area contributed by atoms with Crippen molar-refractivity contribution in [3.8, 4) is 0 Å². The monoisotopic (exact) mass is 518 g/mol. The van der Waals surface area contributed by atoms with Gasteiger partial charge in [0.1, 0.15) is 18.6 Å². The summed E-state index contributed by atoms with van der Waals surface area (Å²) in [6, 6.07) is 0. The number of hydrogen-bond donors (Lipinski definition) is 0. The van der Waals surface area contributed by atoms with Crippen molar-refractivity contribution in [2.45, 2.75) is 150 Å². The highest BCUT2D eigenvalue weighted by molar-refractivity contribution is 5.91. The van der Waals surface area contributed by atoms with Crippen molar-refractivity contribution < 1.29 is 19.1 Å². The molecule has 212 valence electrons. The Bertz CT molecular complexity index is 789. The van der Waals surface area contributed by atoms with Gasteiger partial charge in [-0.2, -0.15) is 0 Å². The van der Waals surface area contributed by atoms with Gasteiger partial charge in [-0.25, -0.2) is 0 Å². The highest BCUT2D eigenvalue weighted by Crippen LogP contribution is 2.45. The van der Waals surface area contributed by atoms with E-state index in [1.807, 2.05) is 0 Å². The molecule has 0 radical (unpaired) electrons. The van der Waals surface area contributed by atoms with Crippen LogP contribution in [0.5, 0.6) is 0 Å². The van der Waals surface area contributed by atoms with E-state index in [4.69, 9.17) is 9.47 Å². The predicted octanol–water partition coefficient (Wildman–Crippen LogP) is 6.85. The molecule has 0 amide bonds. The molecule has 0 unspecified atom stereocenters. The fourth-order valence-corrected chi connectivity index (χ4v) is 7.19. The van der Waals surface area contributed by atoms with Crippen LogP contribution in [0.1, 0.15) is 115 Å². The Morgan fingerprint density at radius 1 is 0.649 bits per heavy atom. The van der Waals surface area contributed by atoms with Gasteiger partial charge in [-0.3, -0.25) is 9.59 Å². The van der Waals surface area contributed by atoms with Gasteiger partial charge in [0.15, 0.2) is 0 Å². The lowest BCUT2D eigenvalue weighted by Gasteiger charge is -2.57. The number of ether oxygens (including phenoxy) is 2. The molecule has 0 aromatic rings. The van der Waals surface area contributed by atoms with Gasteiger partial charge in [0, 0.05) is 59.2 Å². The molecule has 0 saturated carbocycles. The van der Waals surface area contributed by atoms with Crippen molar-refractivity contribution in [3.63, 3.8) is 0 Å². The van der Waals surface area contributed by atoms with Crippen LogP contribution in [0.2, 0.25) is 0 Å². The molecule has 6 nitrogen and oxygen atoms in total. The van der Waals surface area contributed by atoms with Gasteiger partial charge < -0.3 is 19.3 Å². The van der Waals surface area contributed by atoms with E-state index in [1.165, 1.54) is 0 Å². The number of allylic oxidation sites excluding steroid dienone is 2. The molecule has 2 aliphatic rings. The molecule has 2 fully saturated rings. The Morgan fingerprint density at radius 2 is 0.892 bits per heavy atom. The maximum atomic E-state index is 12.8. The van der Waals surface area contributed by atoms with Crippen molar-refractivity contribution in [2.24, 2.45) is 11.8 Å². The van der Waals surface area contributed by atoms with Gasteiger partial charge in [-0.1, -0.05) is 40.9 Å². The predicted molar refractivity (Wildman–Crippen MR) is 151 cm³/mol. The van der Waals surface area contributed by atoms with Crippen LogP contribution >= 0.6 is 0 Å². The standard InChI is InChI=1S/C31H54N2O4/c1-20(2)22(5)32-28(7,8)16-24(17-29(32,9)10)36-26(34)15-27(35)37-25-18-30(11,12)33(23(6)21(3)4)31(13,14)19-25/h20-21,24-25H,5-6,15-19H2,1-4,7-14H3. The van der Waals surface area contributed by atoms with Gasteiger partial charge in [-0.15, -0.1) is 0 Å². The van der Waals surface area contributed by atoms with Crippen molar-refractivity contribution in [1.29, 1.82) is 0 Å². The summed E-state index contributed by atoms with van der Waals surface area (Å²) in [5.74, 6) is -0.362. The largest absolute Gasteiger partial charge is 0.462 e. The number of esters is 2. The molecule has 37 heavy (non-hydrogen) atoms. The van der Waals surface area contributed by atoms with Crippen molar-refractivity contribution in [3.05, 3.63) is 24.6 Å². The second-order valence-corrected chi connectivity index (χ2v) is 14.4. The lowest BCUT2D eigenvalue weighted by molar-refractivity contribution is -0.169. The van der Waals surface area contributed by atoms with Crippen molar-refractivity contribution >= 4 is 11.9 Å². The summed E-state index contributed by atoms with van der Waals surface area (Å²) in [7, 11) is 0. The molecule has 2 aliphatic heterocycles. The highest BCUT2D eigenvalue weighted by Gasteiger charge is 2.49. The fourth-order valence-electron chi connectivity index (χ4n) is 7.19. The van der Waals surface area contributed by atoms with Crippen LogP contribution in [0.25, 0.3) is 0 Å². The molecule has 2 rings (SSSR count). The maximum absolute atomic E-state index is 12.8. The Balaban J connectivity index is 2.01. The van der Waals surface area contributed by atoms with Crippen LogP contribution in [0, 0.1) is 11.8 Å². The third kappa shape index (κ3) is 7.11. The van der Waals surface area contributed by atoms with Crippen LogP contribution in [0.4, 0.5) is 0 Å². The van der Waals surface area contributed by atoms with Crippen molar-refractivity contribution in [2.75, 3.05) is 0 Å². The molecule has 0 aromatic carbocycles. The summed E-state index contributed by atoms with van der Waals surface area (Å²) in [4.78, 5) is 30.4. The number of nitrogens with zero attached hydrogens (tertiary/aromatic N) is 2. The molecule has 2 heterocycles. The molecule has 0 aromatic heterocycles. The molecule has 0 atom stereocenters. The number of carbonyl (C=O) groups is 2. The first-order valence-corrected chi connectivity index (χ1v) is 14.0. The van der Waals surface area contributed by atoms with Crippen molar-refractivity contribution in [1.82, 2.24) is 9.80 Å². The molecule has 0 N–H and O–H groups in total. The van der Waals surface area contributed by atoms with E-state index in [9.17, 15) is 9.59 Å². The van der Waals surface area contributed by atoms with Gasteiger partial charge in [0.25, 0.3) is 0 Å². The number of hydrogen-bond acceptors (Lipinski definition) is 6. The Labute approximate surface area is 226 Å². The van der Waals surface area contributed by atoms with Gasteiger partial charge in [0.05, 0.1) is 0 Å². The average molecular weight is 519 g/mol. The lowest BCUT2D eigenvalue weighted by atomic mass is 9.76. The Morgan fingerprint density at radius 3 is 1.11 bits per heavy atom. The SMILES string of the molecule is C=C(C(C)C)N1C(C)(C)CC(OC(=O)CC(=O)OC2CC(C)(C)N(C(=C)C(C)C)C(C)(C)C2)CC1(C)C. The number of carbonyl (C=O) groups excluding carboxylic acids is 2. The molecule has 6 heteroatoms. The maximum Gasteiger partial charge on any atom is 0.317 e.